The minimum atomic E-state index is -0.0597. The van der Waals surface area contributed by atoms with Crippen LogP contribution in [0.1, 0.15) is 130 Å². The zero-order valence-corrected chi connectivity index (χ0v) is 22.3. The molecule has 0 rings (SSSR count). The Hall–Kier alpha value is -1.10. The van der Waals surface area contributed by atoms with Gasteiger partial charge in [0.2, 0.25) is 0 Å². The van der Waals surface area contributed by atoms with Gasteiger partial charge in [-0.15, -0.1) is 0 Å². The molecule has 0 bridgehead atoms. The molecule has 196 valence electrons. The van der Waals surface area contributed by atoms with Gasteiger partial charge in [0, 0.05) is 26.1 Å². The van der Waals surface area contributed by atoms with Crippen LogP contribution in [0.3, 0.4) is 0 Å². The first kappa shape index (κ1) is 31.9. The molecule has 33 heavy (non-hydrogen) atoms. The van der Waals surface area contributed by atoms with E-state index in [9.17, 15) is 9.59 Å². The van der Waals surface area contributed by atoms with Crippen LogP contribution in [0.15, 0.2) is 0 Å². The standard InChI is InChI=1S/C28H54O5/c1-5-9-17-25(7-3)23-32-27(29)19-13-11-15-21-31-22-16-12-14-20-28(30)33-24-26(8-4)18-10-6-2/h25-26H,5-24H2,1-4H3. The molecule has 0 fully saturated rings. The number of ether oxygens (including phenoxy) is 3. The number of hydrogen-bond donors (Lipinski definition) is 0. The number of hydrogen-bond acceptors (Lipinski definition) is 5. The molecule has 0 aromatic heterocycles. The van der Waals surface area contributed by atoms with Crippen LogP contribution in [-0.2, 0) is 23.8 Å². The van der Waals surface area contributed by atoms with Crippen molar-refractivity contribution in [1.29, 1.82) is 0 Å². The number of unbranched alkanes of at least 4 members (excludes halogenated alkanes) is 6. The topological polar surface area (TPSA) is 61.8 Å². The summed E-state index contributed by atoms with van der Waals surface area (Å²) in [5.41, 5.74) is 0. The molecule has 0 amide bonds. The molecule has 0 aromatic rings. The van der Waals surface area contributed by atoms with Crippen molar-refractivity contribution < 1.29 is 23.8 Å². The summed E-state index contributed by atoms with van der Waals surface area (Å²) in [6.45, 7) is 11.4. The second-order valence-corrected chi connectivity index (χ2v) is 9.43. The van der Waals surface area contributed by atoms with Crippen molar-refractivity contribution in [2.75, 3.05) is 26.4 Å². The molecule has 0 radical (unpaired) electrons. The number of carbonyl (C=O) groups excluding carboxylic acids is 2. The molecular formula is C28H54O5. The normalized spacial score (nSPS) is 13.0. The van der Waals surface area contributed by atoms with Crippen molar-refractivity contribution >= 4 is 11.9 Å². The van der Waals surface area contributed by atoms with E-state index >= 15 is 0 Å². The van der Waals surface area contributed by atoms with Crippen LogP contribution in [0.5, 0.6) is 0 Å². The van der Waals surface area contributed by atoms with Gasteiger partial charge < -0.3 is 14.2 Å². The molecule has 0 saturated carbocycles. The Labute approximate surface area is 204 Å². The molecule has 2 atom stereocenters. The fourth-order valence-electron chi connectivity index (χ4n) is 3.76. The summed E-state index contributed by atoms with van der Waals surface area (Å²) in [5, 5.41) is 0. The van der Waals surface area contributed by atoms with Gasteiger partial charge in [0.05, 0.1) is 13.2 Å². The lowest BCUT2D eigenvalue weighted by Gasteiger charge is -2.14. The highest BCUT2D eigenvalue weighted by Crippen LogP contribution is 2.15. The van der Waals surface area contributed by atoms with Crippen LogP contribution in [0.4, 0.5) is 0 Å². The number of carbonyl (C=O) groups is 2. The second kappa shape index (κ2) is 24.0. The third-order valence-electron chi connectivity index (χ3n) is 6.39. The Kier molecular flexibility index (Phi) is 23.2. The van der Waals surface area contributed by atoms with Gasteiger partial charge in [0.25, 0.3) is 0 Å². The van der Waals surface area contributed by atoms with E-state index in [-0.39, 0.29) is 11.9 Å². The van der Waals surface area contributed by atoms with Crippen molar-refractivity contribution in [3.8, 4) is 0 Å². The average molecular weight is 471 g/mol. The van der Waals surface area contributed by atoms with Crippen LogP contribution >= 0.6 is 0 Å². The van der Waals surface area contributed by atoms with Gasteiger partial charge in [0.1, 0.15) is 0 Å². The lowest BCUT2D eigenvalue weighted by Crippen LogP contribution is -2.13. The van der Waals surface area contributed by atoms with Crippen molar-refractivity contribution in [3.05, 3.63) is 0 Å². The maximum Gasteiger partial charge on any atom is 0.305 e. The highest BCUT2D eigenvalue weighted by atomic mass is 16.5. The minimum absolute atomic E-state index is 0.0597. The van der Waals surface area contributed by atoms with Gasteiger partial charge in [-0.05, 0) is 50.4 Å². The number of esters is 2. The monoisotopic (exact) mass is 470 g/mol. The van der Waals surface area contributed by atoms with Gasteiger partial charge in [0.15, 0.2) is 0 Å². The van der Waals surface area contributed by atoms with Crippen molar-refractivity contribution in [3.63, 3.8) is 0 Å². The zero-order valence-electron chi connectivity index (χ0n) is 22.3. The molecule has 2 unspecified atom stereocenters. The lowest BCUT2D eigenvalue weighted by atomic mass is 10.0. The second-order valence-electron chi connectivity index (χ2n) is 9.43. The van der Waals surface area contributed by atoms with E-state index < -0.39 is 0 Å². The van der Waals surface area contributed by atoms with Crippen LogP contribution in [0.2, 0.25) is 0 Å². The van der Waals surface area contributed by atoms with E-state index in [2.05, 4.69) is 27.7 Å². The van der Waals surface area contributed by atoms with E-state index in [1.807, 2.05) is 0 Å². The molecule has 0 aliphatic heterocycles. The van der Waals surface area contributed by atoms with E-state index in [1.165, 1.54) is 25.7 Å². The summed E-state index contributed by atoms with van der Waals surface area (Å²) in [7, 11) is 0. The van der Waals surface area contributed by atoms with Crippen LogP contribution in [-0.4, -0.2) is 38.4 Å². The molecule has 0 spiro atoms. The van der Waals surface area contributed by atoms with Crippen molar-refractivity contribution in [2.45, 2.75) is 130 Å². The summed E-state index contributed by atoms with van der Waals surface area (Å²) in [5.74, 6) is 0.903. The van der Waals surface area contributed by atoms with Crippen LogP contribution in [0, 0.1) is 11.8 Å². The predicted octanol–water partition coefficient (Wildman–Crippen LogP) is 7.64. The summed E-state index contributed by atoms with van der Waals surface area (Å²) in [6, 6.07) is 0. The van der Waals surface area contributed by atoms with Crippen molar-refractivity contribution in [1.82, 2.24) is 0 Å². The smallest absolute Gasteiger partial charge is 0.305 e. The highest BCUT2D eigenvalue weighted by Gasteiger charge is 2.11. The first-order valence-corrected chi connectivity index (χ1v) is 14.0. The van der Waals surface area contributed by atoms with Crippen LogP contribution < -0.4 is 0 Å². The first-order valence-electron chi connectivity index (χ1n) is 14.0. The maximum absolute atomic E-state index is 11.9. The van der Waals surface area contributed by atoms with Crippen molar-refractivity contribution in [2.24, 2.45) is 11.8 Å². The third kappa shape index (κ3) is 21.2. The van der Waals surface area contributed by atoms with Gasteiger partial charge in [-0.25, -0.2) is 0 Å². The molecule has 5 heteroatoms. The van der Waals surface area contributed by atoms with E-state index in [0.717, 1.165) is 77.4 Å². The van der Waals surface area contributed by atoms with E-state index in [1.54, 1.807) is 0 Å². The average Bonchev–Trinajstić information content (AvgIpc) is 2.82. The van der Waals surface area contributed by atoms with Gasteiger partial charge in [-0.2, -0.15) is 0 Å². The Balaban J connectivity index is 3.47. The molecule has 5 nitrogen and oxygen atoms in total. The Bertz CT molecular complexity index is 412. The zero-order chi connectivity index (χ0) is 24.6. The van der Waals surface area contributed by atoms with Gasteiger partial charge in [-0.1, -0.05) is 79.1 Å². The first-order chi connectivity index (χ1) is 16.1. The fraction of sp³-hybridized carbons (Fsp3) is 0.929. The molecule has 0 aliphatic rings. The SMILES string of the molecule is CCCCC(CC)COC(=O)CCCCCOCCCCCC(=O)OCC(CC)CCCC. The van der Waals surface area contributed by atoms with Gasteiger partial charge in [-0.3, -0.25) is 9.59 Å². The molecule has 0 heterocycles. The quantitative estimate of drug-likeness (QED) is 0.107. The van der Waals surface area contributed by atoms with Crippen LogP contribution in [0.25, 0.3) is 0 Å². The van der Waals surface area contributed by atoms with E-state index in [0.29, 0.717) is 37.9 Å². The molecule has 0 aliphatic carbocycles. The third-order valence-corrected chi connectivity index (χ3v) is 6.39. The fourth-order valence-corrected chi connectivity index (χ4v) is 3.76. The summed E-state index contributed by atoms with van der Waals surface area (Å²) in [6.07, 6.45) is 16.0. The Morgan fingerprint density at radius 1 is 0.576 bits per heavy atom. The highest BCUT2D eigenvalue weighted by molar-refractivity contribution is 5.69. The molecule has 0 saturated heterocycles. The Morgan fingerprint density at radius 3 is 1.36 bits per heavy atom. The maximum atomic E-state index is 11.9. The summed E-state index contributed by atoms with van der Waals surface area (Å²) in [4.78, 5) is 23.7. The largest absolute Gasteiger partial charge is 0.465 e. The minimum Gasteiger partial charge on any atom is -0.465 e. The van der Waals surface area contributed by atoms with E-state index in [4.69, 9.17) is 14.2 Å². The lowest BCUT2D eigenvalue weighted by molar-refractivity contribution is -0.146. The summed E-state index contributed by atoms with van der Waals surface area (Å²) >= 11 is 0. The molecule has 0 N–H and O–H groups in total. The predicted molar refractivity (Wildman–Crippen MR) is 136 cm³/mol. The Morgan fingerprint density at radius 2 is 1.00 bits per heavy atom. The van der Waals surface area contributed by atoms with Gasteiger partial charge >= 0.3 is 11.9 Å². The number of rotatable bonds is 24. The molecular weight excluding hydrogens is 416 g/mol. The summed E-state index contributed by atoms with van der Waals surface area (Å²) < 4.78 is 16.6. The molecule has 0 aromatic carbocycles.